The summed E-state index contributed by atoms with van der Waals surface area (Å²) in [6.45, 7) is 0.345. The largest absolute Gasteiger partial charge is 0.493 e. The minimum absolute atomic E-state index is 0.00790. The smallest absolute Gasteiger partial charge is 0.203 e. The van der Waals surface area contributed by atoms with Crippen LogP contribution in [0.15, 0.2) is 18.2 Å². The lowest BCUT2D eigenvalue weighted by Crippen LogP contribution is -2.35. The number of methoxy groups -OCH3 is 2. The van der Waals surface area contributed by atoms with Crippen molar-refractivity contribution in [2.24, 2.45) is 0 Å². The summed E-state index contributed by atoms with van der Waals surface area (Å²) in [6, 6.07) is 5.30. The summed E-state index contributed by atoms with van der Waals surface area (Å²) < 4.78 is 16.0. The van der Waals surface area contributed by atoms with E-state index in [0.29, 0.717) is 23.9 Å². The number of hydrogen-bond acceptors (Lipinski definition) is 5. The predicted octanol–water partition coefficient (Wildman–Crippen LogP) is 0.663. The molecule has 1 rings (SSSR count). The maximum atomic E-state index is 9.05. The number of ether oxygens (including phenoxy) is 3. The van der Waals surface area contributed by atoms with Crippen LogP contribution in [0.2, 0.25) is 0 Å². The molecule has 1 aromatic rings. The van der Waals surface area contributed by atoms with Gasteiger partial charge in [0.05, 0.1) is 26.9 Å². The first kappa shape index (κ1) is 13.6. The Bertz CT molecular complexity index is 317. The SMILES string of the molecule is CNC(CO)COc1c(OC)cccc1OC. The van der Waals surface area contributed by atoms with Gasteiger partial charge in [0, 0.05) is 0 Å². The second-order valence-corrected chi connectivity index (χ2v) is 3.47. The van der Waals surface area contributed by atoms with E-state index < -0.39 is 0 Å². The van der Waals surface area contributed by atoms with Crippen LogP contribution in [0.3, 0.4) is 0 Å². The Kier molecular flexibility index (Phi) is 5.59. The second kappa shape index (κ2) is 6.98. The molecule has 0 amide bonds. The van der Waals surface area contributed by atoms with Gasteiger partial charge in [0.15, 0.2) is 11.5 Å². The molecule has 0 heterocycles. The number of nitrogens with one attached hydrogen (secondary N) is 1. The first-order valence-electron chi connectivity index (χ1n) is 5.38. The van der Waals surface area contributed by atoms with Crippen molar-refractivity contribution in [3.63, 3.8) is 0 Å². The van der Waals surface area contributed by atoms with Crippen molar-refractivity contribution >= 4 is 0 Å². The third-order valence-corrected chi connectivity index (χ3v) is 2.44. The normalized spacial score (nSPS) is 12.0. The van der Waals surface area contributed by atoms with Crippen molar-refractivity contribution in [1.29, 1.82) is 0 Å². The molecule has 5 nitrogen and oxygen atoms in total. The van der Waals surface area contributed by atoms with Crippen molar-refractivity contribution in [3.05, 3.63) is 18.2 Å². The van der Waals surface area contributed by atoms with Gasteiger partial charge in [-0.25, -0.2) is 0 Å². The molecule has 96 valence electrons. The zero-order chi connectivity index (χ0) is 12.7. The molecule has 1 unspecified atom stereocenters. The van der Waals surface area contributed by atoms with E-state index in [4.69, 9.17) is 19.3 Å². The second-order valence-electron chi connectivity index (χ2n) is 3.47. The summed E-state index contributed by atoms with van der Waals surface area (Å²) in [5, 5.41) is 12.0. The highest BCUT2D eigenvalue weighted by molar-refractivity contribution is 5.51. The van der Waals surface area contributed by atoms with Gasteiger partial charge in [-0.2, -0.15) is 0 Å². The van der Waals surface area contributed by atoms with Crippen LogP contribution in [0, 0.1) is 0 Å². The molecule has 1 atom stereocenters. The van der Waals surface area contributed by atoms with Gasteiger partial charge in [0.1, 0.15) is 6.61 Å². The van der Waals surface area contributed by atoms with E-state index in [1.54, 1.807) is 33.4 Å². The van der Waals surface area contributed by atoms with Crippen molar-refractivity contribution in [3.8, 4) is 17.2 Å². The standard InChI is InChI=1S/C12H19NO4/c1-13-9(7-14)8-17-12-10(15-2)5-4-6-11(12)16-3/h4-6,9,13-14H,7-8H2,1-3H3. The molecular formula is C12H19NO4. The summed E-state index contributed by atoms with van der Waals surface area (Å²) >= 11 is 0. The van der Waals surface area contributed by atoms with Crippen LogP contribution in [0.5, 0.6) is 17.2 Å². The average molecular weight is 241 g/mol. The maximum absolute atomic E-state index is 9.05. The van der Waals surface area contributed by atoms with E-state index in [1.807, 2.05) is 6.07 Å². The number of likely N-dealkylation sites (N-methyl/N-ethyl adjacent to an activating group) is 1. The number of aliphatic hydroxyl groups is 1. The summed E-state index contributed by atoms with van der Waals surface area (Å²) in [5.74, 6) is 1.76. The van der Waals surface area contributed by atoms with Gasteiger partial charge in [-0.05, 0) is 19.2 Å². The van der Waals surface area contributed by atoms with E-state index in [9.17, 15) is 0 Å². The van der Waals surface area contributed by atoms with Crippen LogP contribution in [0.1, 0.15) is 0 Å². The zero-order valence-electron chi connectivity index (χ0n) is 10.4. The monoisotopic (exact) mass is 241 g/mol. The molecular weight excluding hydrogens is 222 g/mol. The van der Waals surface area contributed by atoms with Crippen LogP contribution in [-0.2, 0) is 0 Å². The van der Waals surface area contributed by atoms with E-state index in [2.05, 4.69) is 5.32 Å². The third kappa shape index (κ3) is 3.51. The molecule has 5 heteroatoms. The Hall–Kier alpha value is -1.46. The molecule has 2 N–H and O–H groups in total. The number of rotatable bonds is 7. The van der Waals surface area contributed by atoms with Crippen molar-refractivity contribution < 1.29 is 19.3 Å². The van der Waals surface area contributed by atoms with Crippen LogP contribution in [0.4, 0.5) is 0 Å². The topological polar surface area (TPSA) is 60.0 Å². The molecule has 0 spiro atoms. The Morgan fingerprint density at radius 1 is 1.24 bits per heavy atom. The van der Waals surface area contributed by atoms with E-state index in [1.165, 1.54) is 0 Å². The molecule has 0 aliphatic rings. The summed E-state index contributed by atoms with van der Waals surface area (Å²) in [4.78, 5) is 0. The van der Waals surface area contributed by atoms with Crippen LogP contribution in [-0.4, -0.2) is 45.6 Å². The fraction of sp³-hybridized carbons (Fsp3) is 0.500. The molecule has 1 aromatic carbocycles. The number of aliphatic hydroxyl groups excluding tert-OH is 1. The van der Waals surface area contributed by atoms with Crippen LogP contribution in [0.25, 0.3) is 0 Å². The number of hydrogen-bond donors (Lipinski definition) is 2. The summed E-state index contributed by atoms with van der Waals surface area (Å²) in [6.07, 6.45) is 0. The lowest BCUT2D eigenvalue weighted by Gasteiger charge is -2.17. The molecule has 0 bridgehead atoms. The molecule has 0 aliphatic heterocycles. The Balaban J connectivity index is 2.80. The quantitative estimate of drug-likeness (QED) is 0.734. The van der Waals surface area contributed by atoms with Crippen molar-refractivity contribution in [2.45, 2.75) is 6.04 Å². The van der Waals surface area contributed by atoms with Gasteiger partial charge < -0.3 is 24.6 Å². The minimum atomic E-state index is -0.121. The Labute approximate surface area is 101 Å². The van der Waals surface area contributed by atoms with Crippen molar-refractivity contribution in [2.75, 3.05) is 34.5 Å². The van der Waals surface area contributed by atoms with E-state index in [0.717, 1.165) is 0 Å². The fourth-order valence-corrected chi connectivity index (χ4v) is 1.37. The number of benzene rings is 1. The fourth-order valence-electron chi connectivity index (χ4n) is 1.37. The number of para-hydroxylation sites is 1. The lowest BCUT2D eigenvalue weighted by atomic mass is 10.3. The molecule has 0 aliphatic carbocycles. The minimum Gasteiger partial charge on any atom is -0.493 e. The first-order valence-corrected chi connectivity index (χ1v) is 5.38. The van der Waals surface area contributed by atoms with Crippen LogP contribution < -0.4 is 19.5 Å². The highest BCUT2D eigenvalue weighted by atomic mass is 16.5. The Morgan fingerprint density at radius 3 is 2.24 bits per heavy atom. The molecule has 17 heavy (non-hydrogen) atoms. The predicted molar refractivity (Wildman–Crippen MR) is 65.0 cm³/mol. The molecule has 0 saturated heterocycles. The van der Waals surface area contributed by atoms with Gasteiger partial charge in [0.25, 0.3) is 0 Å². The van der Waals surface area contributed by atoms with E-state index in [-0.39, 0.29) is 12.6 Å². The molecule has 0 fully saturated rings. The Morgan fingerprint density at radius 2 is 1.82 bits per heavy atom. The highest BCUT2D eigenvalue weighted by Crippen LogP contribution is 2.36. The van der Waals surface area contributed by atoms with E-state index >= 15 is 0 Å². The zero-order valence-corrected chi connectivity index (χ0v) is 10.4. The third-order valence-electron chi connectivity index (χ3n) is 2.44. The maximum Gasteiger partial charge on any atom is 0.203 e. The molecule has 0 aromatic heterocycles. The van der Waals surface area contributed by atoms with Crippen LogP contribution >= 0.6 is 0 Å². The van der Waals surface area contributed by atoms with Gasteiger partial charge in [0.2, 0.25) is 5.75 Å². The average Bonchev–Trinajstić information content (AvgIpc) is 2.39. The lowest BCUT2D eigenvalue weighted by molar-refractivity contribution is 0.181. The van der Waals surface area contributed by atoms with Gasteiger partial charge in [-0.1, -0.05) is 6.07 Å². The molecule has 0 saturated carbocycles. The summed E-state index contributed by atoms with van der Waals surface area (Å²) in [5.41, 5.74) is 0. The first-order chi connectivity index (χ1) is 8.26. The highest BCUT2D eigenvalue weighted by Gasteiger charge is 2.13. The van der Waals surface area contributed by atoms with Crippen molar-refractivity contribution in [1.82, 2.24) is 5.32 Å². The van der Waals surface area contributed by atoms with Gasteiger partial charge in [-0.15, -0.1) is 0 Å². The van der Waals surface area contributed by atoms with Gasteiger partial charge >= 0.3 is 0 Å². The molecule has 0 radical (unpaired) electrons. The van der Waals surface area contributed by atoms with Gasteiger partial charge in [-0.3, -0.25) is 0 Å². The summed E-state index contributed by atoms with van der Waals surface area (Å²) in [7, 11) is 4.91.